The first kappa shape index (κ1) is 13.7. The van der Waals surface area contributed by atoms with Gasteiger partial charge in [-0.2, -0.15) is 0 Å². The molecule has 70 valence electrons. The van der Waals surface area contributed by atoms with Crippen LogP contribution in [0.4, 0.5) is 0 Å². The van der Waals surface area contributed by atoms with Gasteiger partial charge in [0.15, 0.2) is 0 Å². The van der Waals surface area contributed by atoms with Gasteiger partial charge in [0.1, 0.15) is 0 Å². The average Bonchev–Trinajstić information content (AvgIpc) is 2.06. The van der Waals surface area contributed by atoms with E-state index in [1.54, 1.807) is 0 Å². The molecule has 0 spiro atoms. The second-order valence-electron chi connectivity index (χ2n) is 2.10. The highest BCUT2D eigenvalue weighted by atomic mass is 28.3. The number of hydrogen-bond donors (Lipinski definition) is 0. The fourth-order valence-electron chi connectivity index (χ4n) is 0.226. The van der Waals surface area contributed by atoms with E-state index >= 15 is 0 Å². The number of rotatable bonds is 5. The van der Waals surface area contributed by atoms with Crippen molar-refractivity contribution in [3.63, 3.8) is 0 Å². The zero-order chi connectivity index (χ0) is 8.95. The molecule has 0 aliphatic carbocycles. The van der Waals surface area contributed by atoms with E-state index < -0.39 is 10.0 Å². The molecule has 0 aliphatic heterocycles. The molecular formula is C8H22O2Si. The van der Waals surface area contributed by atoms with Crippen LogP contribution < -0.4 is 0 Å². The van der Waals surface area contributed by atoms with Gasteiger partial charge in [-0.1, -0.05) is 26.7 Å². The SMILES string of the molecule is CCCC.CCO[SiH2]OCC. The molecule has 0 saturated heterocycles. The fourth-order valence-corrected chi connectivity index (χ4v) is 0.677. The highest BCUT2D eigenvalue weighted by Gasteiger charge is 1.79. The van der Waals surface area contributed by atoms with Gasteiger partial charge in [0.2, 0.25) is 0 Å². The van der Waals surface area contributed by atoms with Crippen molar-refractivity contribution in [3.8, 4) is 0 Å². The molecule has 0 amide bonds. The van der Waals surface area contributed by atoms with Gasteiger partial charge in [-0.3, -0.25) is 0 Å². The van der Waals surface area contributed by atoms with Crippen molar-refractivity contribution in [1.29, 1.82) is 0 Å². The van der Waals surface area contributed by atoms with Crippen LogP contribution >= 0.6 is 0 Å². The Balaban J connectivity index is 0. The third-order valence-corrected chi connectivity index (χ3v) is 2.22. The van der Waals surface area contributed by atoms with Gasteiger partial charge in [0.05, 0.1) is 0 Å². The lowest BCUT2D eigenvalue weighted by molar-refractivity contribution is 0.240. The van der Waals surface area contributed by atoms with E-state index in [9.17, 15) is 0 Å². The fraction of sp³-hybridized carbons (Fsp3) is 1.00. The minimum absolute atomic E-state index is 0.589. The summed E-state index contributed by atoms with van der Waals surface area (Å²) in [5.74, 6) is 0. The third kappa shape index (κ3) is 25.4. The van der Waals surface area contributed by atoms with Crippen LogP contribution in [0.2, 0.25) is 0 Å². The Morgan fingerprint density at radius 2 is 1.18 bits per heavy atom. The Morgan fingerprint density at radius 1 is 0.818 bits per heavy atom. The molecule has 0 unspecified atom stereocenters. The van der Waals surface area contributed by atoms with Crippen molar-refractivity contribution >= 4 is 10.0 Å². The van der Waals surface area contributed by atoms with E-state index in [1.807, 2.05) is 13.8 Å². The van der Waals surface area contributed by atoms with Crippen LogP contribution in [0.5, 0.6) is 0 Å². The molecule has 0 bridgehead atoms. The largest absolute Gasteiger partial charge is 0.399 e. The molecule has 11 heavy (non-hydrogen) atoms. The first-order chi connectivity index (χ1) is 5.33. The van der Waals surface area contributed by atoms with Crippen LogP contribution in [-0.4, -0.2) is 23.2 Å². The molecule has 0 heterocycles. The van der Waals surface area contributed by atoms with Crippen LogP contribution in [0.3, 0.4) is 0 Å². The second-order valence-corrected chi connectivity index (χ2v) is 3.16. The summed E-state index contributed by atoms with van der Waals surface area (Å²) in [5.41, 5.74) is 0. The Labute approximate surface area is 73.3 Å². The lowest BCUT2D eigenvalue weighted by Gasteiger charge is -1.96. The molecule has 0 aromatic rings. The molecular weight excluding hydrogens is 156 g/mol. The lowest BCUT2D eigenvalue weighted by Crippen LogP contribution is -2.02. The maximum absolute atomic E-state index is 4.99. The van der Waals surface area contributed by atoms with Crippen molar-refractivity contribution in [1.82, 2.24) is 0 Å². The van der Waals surface area contributed by atoms with Crippen LogP contribution in [0.25, 0.3) is 0 Å². The monoisotopic (exact) mass is 178 g/mol. The van der Waals surface area contributed by atoms with Gasteiger partial charge in [0.25, 0.3) is 0 Å². The lowest BCUT2D eigenvalue weighted by atomic mass is 10.4. The summed E-state index contributed by atoms with van der Waals surface area (Å²) in [4.78, 5) is 0. The van der Waals surface area contributed by atoms with Gasteiger partial charge in [-0.25, -0.2) is 0 Å². The Kier molecular flexibility index (Phi) is 20.7. The molecule has 0 N–H and O–H groups in total. The van der Waals surface area contributed by atoms with E-state index in [-0.39, 0.29) is 0 Å². The van der Waals surface area contributed by atoms with Crippen molar-refractivity contribution in [2.45, 2.75) is 40.5 Å². The maximum Gasteiger partial charge on any atom is 0.304 e. The second kappa shape index (κ2) is 16.6. The summed E-state index contributed by atoms with van der Waals surface area (Å²) in [7, 11) is -0.589. The Morgan fingerprint density at radius 3 is 1.36 bits per heavy atom. The zero-order valence-electron chi connectivity index (χ0n) is 8.35. The maximum atomic E-state index is 4.99. The third-order valence-electron chi connectivity index (χ3n) is 1.07. The van der Waals surface area contributed by atoms with Crippen molar-refractivity contribution in [3.05, 3.63) is 0 Å². The quantitative estimate of drug-likeness (QED) is 0.472. The number of hydrogen-bond acceptors (Lipinski definition) is 2. The molecule has 0 fully saturated rings. The van der Waals surface area contributed by atoms with Crippen LogP contribution in [0.15, 0.2) is 0 Å². The molecule has 3 heteroatoms. The average molecular weight is 178 g/mol. The summed E-state index contributed by atoms with van der Waals surface area (Å²) in [5, 5.41) is 0. The summed E-state index contributed by atoms with van der Waals surface area (Å²) < 4.78 is 9.98. The molecule has 0 rings (SSSR count). The minimum Gasteiger partial charge on any atom is -0.399 e. The molecule has 0 saturated carbocycles. The number of unbranched alkanes of at least 4 members (excludes halogenated alkanes) is 1. The summed E-state index contributed by atoms with van der Waals surface area (Å²) in [6, 6.07) is 0. The predicted molar refractivity (Wildman–Crippen MR) is 52.4 cm³/mol. The molecule has 0 atom stereocenters. The molecule has 0 aliphatic rings. The molecule has 0 radical (unpaired) electrons. The smallest absolute Gasteiger partial charge is 0.304 e. The van der Waals surface area contributed by atoms with Crippen molar-refractivity contribution in [2.75, 3.05) is 13.2 Å². The van der Waals surface area contributed by atoms with Crippen LogP contribution in [-0.2, 0) is 8.85 Å². The van der Waals surface area contributed by atoms with E-state index in [2.05, 4.69) is 13.8 Å². The van der Waals surface area contributed by atoms with Gasteiger partial charge in [-0.05, 0) is 13.8 Å². The topological polar surface area (TPSA) is 18.5 Å². The normalized spacial score (nSPS) is 8.73. The van der Waals surface area contributed by atoms with E-state index in [0.717, 1.165) is 13.2 Å². The van der Waals surface area contributed by atoms with Gasteiger partial charge in [0, 0.05) is 13.2 Å². The van der Waals surface area contributed by atoms with E-state index in [0.29, 0.717) is 0 Å². The summed E-state index contributed by atoms with van der Waals surface area (Å²) >= 11 is 0. The van der Waals surface area contributed by atoms with E-state index in [1.165, 1.54) is 12.8 Å². The predicted octanol–water partition coefficient (Wildman–Crippen LogP) is 1.86. The Bertz CT molecular complexity index is 45.4. The van der Waals surface area contributed by atoms with Gasteiger partial charge in [-0.15, -0.1) is 0 Å². The Hall–Kier alpha value is 0.137. The van der Waals surface area contributed by atoms with Crippen molar-refractivity contribution in [2.24, 2.45) is 0 Å². The van der Waals surface area contributed by atoms with Crippen molar-refractivity contribution < 1.29 is 8.85 Å². The van der Waals surface area contributed by atoms with E-state index in [4.69, 9.17) is 8.85 Å². The summed E-state index contributed by atoms with van der Waals surface area (Å²) in [6.45, 7) is 9.91. The van der Waals surface area contributed by atoms with Crippen LogP contribution in [0, 0.1) is 0 Å². The van der Waals surface area contributed by atoms with Gasteiger partial charge >= 0.3 is 10.0 Å². The zero-order valence-corrected chi connectivity index (χ0v) is 9.77. The molecule has 2 nitrogen and oxygen atoms in total. The molecule has 0 aromatic heterocycles. The highest BCUT2D eigenvalue weighted by Crippen LogP contribution is 1.76. The van der Waals surface area contributed by atoms with Gasteiger partial charge < -0.3 is 8.85 Å². The first-order valence-corrected chi connectivity index (χ1v) is 5.64. The standard InChI is InChI=1S/C4H12O2Si.C4H10/c1-3-5-7-6-4-2;1-3-4-2/h3-4,7H2,1-2H3;3-4H2,1-2H3. The highest BCUT2D eigenvalue weighted by molar-refractivity contribution is 6.17. The summed E-state index contributed by atoms with van der Waals surface area (Å²) in [6.07, 6.45) is 2.64. The first-order valence-electron chi connectivity index (χ1n) is 4.48. The molecule has 0 aromatic carbocycles. The minimum atomic E-state index is -0.589. The van der Waals surface area contributed by atoms with Crippen LogP contribution in [0.1, 0.15) is 40.5 Å².